The summed E-state index contributed by atoms with van der Waals surface area (Å²) in [6, 6.07) is 22.7. The minimum Gasteiger partial charge on any atom is -0.336 e. The van der Waals surface area contributed by atoms with Crippen LogP contribution in [0.2, 0.25) is 0 Å². The van der Waals surface area contributed by atoms with Gasteiger partial charge in [-0.05, 0) is 54.0 Å². The van der Waals surface area contributed by atoms with Gasteiger partial charge in [-0.3, -0.25) is 4.79 Å². The van der Waals surface area contributed by atoms with Crippen molar-refractivity contribution in [3.8, 4) is 0 Å². The normalized spacial score (nSPS) is 13.9. The highest BCUT2D eigenvalue weighted by Crippen LogP contribution is 2.26. The number of fused-ring (bicyclic) bond motifs is 2. The largest absolute Gasteiger partial charge is 0.336 e. The Morgan fingerprint density at radius 1 is 1.00 bits per heavy atom. The van der Waals surface area contributed by atoms with E-state index in [0.29, 0.717) is 12.2 Å². The Kier molecular flexibility index (Phi) is 7.17. The van der Waals surface area contributed by atoms with Crippen molar-refractivity contribution in [1.82, 2.24) is 14.8 Å². The van der Waals surface area contributed by atoms with Gasteiger partial charge in [-0.15, -0.1) is 0 Å². The molecule has 6 nitrogen and oxygen atoms in total. The SMILES string of the molecule is CN.N=Cc1ccc2cc(C(=O)N3CCCNCC3)n(Cc3cccc4ccccc34)c2c1. The van der Waals surface area contributed by atoms with Crippen molar-refractivity contribution in [2.45, 2.75) is 13.0 Å². The molecular formula is C27H31N5O. The van der Waals surface area contributed by atoms with E-state index in [9.17, 15) is 4.79 Å². The monoisotopic (exact) mass is 441 g/mol. The van der Waals surface area contributed by atoms with Crippen LogP contribution in [0, 0.1) is 5.41 Å². The van der Waals surface area contributed by atoms with Gasteiger partial charge in [0.2, 0.25) is 0 Å². The van der Waals surface area contributed by atoms with Gasteiger partial charge >= 0.3 is 0 Å². The summed E-state index contributed by atoms with van der Waals surface area (Å²) in [5.41, 5.74) is 8.22. The van der Waals surface area contributed by atoms with E-state index in [2.05, 4.69) is 58.1 Å². The Bertz CT molecular complexity index is 1260. The third-order valence-corrected chi connectivity index (χ3v) is 6.15. The van der Waals surface area contributed by atoms with Crippen LogP contribution in [0.25, 0.3) is 21.7 Å². The lowest BCUT2D eigenvalue weighted by Gasteiger charge is -2.21. The zero-order valence-corrected chi connectivity index (χ0v) is 19.1. The molecule has 2 heterocycles. The van der Waals surface area contributed by atoms with Gasteiger partial charge < -0.3 is 25.9 Å². The number of carbonyl (C=O) groups is 1. The number of rotatable bonds is 4. The van der Waals surface area contributed by atoms with E-state index in [1.165, 1.54) is 29.6 Å². The van der Waals surface area contributed by atoms with Gasteiger partial charge in [-0.2, -0.15) is 0 Å². The molecule has 0 aliphatic carbocycles. The minimum absolute atomic E-state index is 0.0801. The Balaban J connectivity index is 0.00000126. The van der Waals surface area contributed by atoms with Crippen LogP contribution in [0.4, 0.5) is 0 Å². The molecule has 3 aromatic carbocycles. The zero-order valence-electron chi connectivity index (χ0n) is 19.1. The second kappa shape index (κ2) is 10.4. The van der Waals surface area contributed by atoms with Crippen LogP contribution >= 0.6 is 0 Å². The summed E-state index contributed by atoms with van der Waals surface area (Å²) in [6.45, 7) is 3.88. The Morgan fingerprint density at radius 2 is 1.82 bits per heavy atom. The van der Waals surface area contributed by atoms with Crippen molar-refractivity contribution < 1.29 is 4.79 Å². The van der Waals surface area contributed by atoms with Gasteiger partial charge in [-0.25, -0.2) is 0 Å². The predicted molar refractivity (Wildman–Crippen MR) is 136 cm³/mol. The lowest BCUT2D eigenvalue weighted by molar-refractivity contribution is 0.0756. The van der Waals surface area contributed by atoms with E-state index in [0.717, 1.165) is 49.1 Å². The molecule has 1 aliphatic rings. The van der Waals surface area contributed by atoms with Crippen molar-refractivity contribution in [2.24, 2.45) is 5.73 Å². The molecule has 6 heteroatoms. The molecule has 0 saturated carbocycles. The maximum atomic E-state index is 13.6. The predicted octanol–water partition coefficient (Wildman–Crippen LogP) is 3.85. The van der Waals surface area contributed by atoms with E-state index >= 15 is 0 Å². The van der Waals surface area contributed by atoms with E-state index < -0.39 is 0 Å². The summed E-state index contributed by atoms with van der Waals surface area (Å²) in [5.74, 6) is 0.0801. The zero-order chi connectivity index (χ0) is 23.2. The molecule has 1 aliphatic heterocycles. The van der Waals surface area contributed by atoms with Gasteiger partial charge in [0.25, 0.3) is 5.91 Å². The van der Waals surface area contributed by atoms with Crippen LogP contribution < -0.4 is 11.1 Å². The van der Waals surface area contributed by atoms with Gasteiger partial charge in [-0.1, -0.05) is 54.6 Å². The summed E-state index contributed by atoms with van der Waals surface area (Å²) >= 11 is 0. The highest BCUT2D eigenvalue weighted by Gasteiger charge is 2.22. The Hall–Kier alpha value is -3.48. The van der Waals surface area contributed by atoms with Crippen LogP contribution in [0.5, 0.6) is 0 Å². The Morgan fingerprint density at radius 3 is 2.67 bits per heavy atom. The molecule has 4 aromatic rings. The number of nitrogens with one attached hydrogen (secondary N) is 2. The number of carbonyl (C=O) groups excluding carboxylic acids is 1. The van der Waals surface area contributed by atoms with Crippen LogP contribution in [0.15, 0.2) is 66.7 Å². The molecule has 5 rings (SSSR count). The third kappa shape index (κ3) is 4.67. The van der Waals surface area contributed by atoms with E-state index in [-0.39, 0.29) is 5.91 Å². The van der Waals surface area contributed by atoms with Crippen molar-refractivity contribution >= 4 is 33.8 Å². The summed E-state index contributed by atoms with van der Waals surface area (Å²) in [5, 5.41) is 14.5. The molecule has 0 bridgehead atoms. The smallest absolute Gasteiger partial charge is 0.270 e. The summed E-state index contributed by atoms with van der Waals surface area (Å²) in [4.78, 5) is 15.5. The van der Waals surface area contributed by atoms with Gasteiger partial charge in [0.05, 0.1) is 0 Å². The molecule has 0 radical (unpaired) electrons. The molecular weight excluding hydrogens is 410 g/mol. The average molecular weight is 442 g/mol. The Labute approximate surface area is 194 Å². The van der Waals surface area contributed by atoms with Crippen LogP contribution in [-0.4, -0.2) is 54.8 Å². The molecule has 1 amide bonds. The second-order valence-electron chi connectivity index (χ2n) is 8.11. The standard InChI is InChI=1S/C26H26N4O.CH5N/c27-17-19-9-10-21-16-25(26(31)29-13-4-11-28-12-14-29)30(24(21)15-19)18-22-7-3-6-20-5-1-2-8-23(20)22;1-2/h1-3,5-10,15-17,27-28H,4,11-14,18H2;2H2,1H3. The molecule has 1 fully saturated rings. The first kappa shape index (κ1) is 22.7. The number of hydrogen-bond donors (Lipinski definition) is 3. The number of amides is 1. The van der Waals surface area contributed by atoms with E-state index in [1.54, 1.807) is 0 Å². The fourth-order valence-corrected chi connectivity index (χ4v) is 4.52. The van der Waals surface area contributed by atoms with E-state index in [1.807, 2.05) is 29.2 Å². The third-order valence-electron chi connectivity index (χ3n) is 6.15. The molecule has 170 valence electrons. The van der Waals surface area contributed by atoms with E-state index in [4.69, 9.17) is 5.41 Å². The number of aromatic nitrogens is 1. The summed E-state index contributed by atoms with van der Waals surface area (Å²) in [7, 11) is 1.50. The molecule has 0 spiro atoms. The number of benzene rings is 3. The summed E-state index contributed by atoms with van der Waals surface area (Å²) in [6.07, 6.45) is 2.32. The fourth-order valence-electron chi connectivity index (χ4n) is 4.52. The first-order valence-electron chi connectivity index (χ1n) is 11.4. The molecule has 0 atom stereocenters. The molecule has 0 unspecified atom stereocenters. The van der Waals surface area contributed by atoms with Crippen LogP contribution in [-0.2, 0) is 6.54 Å². The van der Waals surface area contributed by atoms with Crippen molar-refractivity contribution in [1.29, 1.82) is 5.41 Å². The van der Waals surface area contributed by atoms with Gasteiger partial charge in [0.1, 0.15) is 5.69 Å². The molecule has 4 N–H and O–H groups in total. The first-order chi connectivity index (χ1) is 16.2. The van der Waals surface area contributed by atoms with Gasteiger partial charge in [0, 0.05) is 43.3 Å². The summed E-state index contributed by atoms with van der Waals surface area (Å²) < 4.78 is 2.13. The molecule has 1 aromatic heterocycles. The second-order valence-corrected chi connectivity index (χ2v) is 8.11. The van der Waals surface area contributed by atoms with Crippen molar-refractivity contribution in [3.05, 3.63) is 83.6 Å². The number of nitrogens with two attached hydrogens (primary N) is 1. The van der Waals surface area contributed by atoms with Crippen LogP contribution in [0.3, 0.4) is 0 Å². The lowest BCUT2D eigenvalue weighted by Crippen LogP contribution is -2.35. The van der Waals surface area contributed by atoms with Crippen molar-refractivity contribution in [3.63, 3.8) is 0 Å². The molecule has 1 saturated heterocycles. The number of nitrogens with zero attached hydrogens (tertiary/aromatic N) is 2. The van der Waals surface area contributed by atoms with Crippen LogP contribution in [0.1, 0.15) is 28.0 Å². The highest BCUT2D eigenvalue weighted by molar-refractivity contribution is 6.00. The maximum absolute atomic E-state index is 13.6. The first-order valence-corrected chi connectivity index (χ1v) is 11.4. The topological polar surface area (TPSA) is 87.1 Å². The quantitative estimate of drug-likeness (QED) is 0.421. The fraction of sp³-hybridized carbons (Fsp3) is 0.259. The maximum Gasteiger partial charge on any atom is 0.270 e. The average Bonchev–Trinajstić information content (AvgIpc) is 3.02. The molecule has 33 heavy (non-hydrogen) atoms. The lowest BCUT2D eigenvalue weighted by atomic mass is 10.0. The highest BCUT2D eigenvalue weighted by atomic mass is 16.2. The van der Waals surface area contributed by atoms with Gasteiger partial charge in [0.15, 0.2) is 0 Å². The number of hydrogen-bond acceptors (Lipinski definition) is 4. The minimum atomic E-state index is 0.0801. The van der Waals surface area contributed by atoms with Crippen molar-refractivity contribution in [2.75, 3.05) is 33.2 Å².